The number of hydrogen-bond donors (Lipinski definition) is 1. The molecule has 6 fully saturated rings. The Hall–Kier alpha value is -3.56. The zero-order valence-electron chi connectivity index (χ0n) is 34.0. The summed E-state index contributed by atoms with van der Waals surface area (Å²) in [5, 5.41) is 2.03. The number of anilines is 1. The van der Waals surface area contributed by atoms with Crippen molar-refractivity contribution in [3.63, 3.8) is 0 Å². The van der Waals surface area contributed by atoms with Crippen molar-refractivity contribution < 1.29 is 31.9 Å². The second-order valence-electron chi connectivity index (χ2n) is 17.6. The van der Waals surface area contributed by atoms with Crippen LogP contribution in [0.25, 0.3) is 0 Å². The minimum atomic E-state index is -3.60. The number of amides is 2. The van der Waals surface area contributed by atoms with E-state index in [-0.39, 0.29) is 42.3 Å². The molecule has 0 unspecified atom stereocenters. The van der Waals surface area contributed by atoms with Crippen LogP contribution < -0.4 is 10.2 Å². The van der Waals surface area contributed by atoms with Crippen LogP contribution in [0.4, 0.5) is 14.9 Å². The second-order valence-corrected chi connectivity index (χ2v) is 19.9. The first-order valence-corrected chi connectivity index (χ1v) is 23.0. The normalized spacial score (nSPS) is 25.3. The van der Waals surface area contributed by atoms with Gasteiger partial charge in [-0.2, -0.15) is 0 Å². The standard InChI is InChI=1S/C44H61FN6O6S/c1-32(25-48-19-21-56-22-20-48)42(52)51-29-39(30-51)58(54,55)38-10-4-9-37(24-38)50-27-33(28-50)26-47-17-13-34(14-18-47)44(31-49-15-6-16-49,35-7-3-8-36(45)23-35)40-11-5-12-41(40)57-43(53)46-2/h3-4,7-10,23-24,33-34,39-41H,1,5-6,11-22,25-31H2,2H3,(H,46,53)/t40-,41-,44-/m0/s1. The van der Waals surface area contributed by atoms with E-state index < -0.39 is 21.2 Å². The fraction of sp³-hybridized carbons (Fsp3) is 0.636. The van der Waals surface area contributed by atoms with Crippen LogP contribution in [0, 0.1) is 23.6 Å². The van der Waals surface area contributed by atoms with E-state index in [1.54, 1.807) is 30.1 Å². The van der Waals surface area contributed by atoms with Gasteiger partial charge in [0.15, 0.2) is 9.84 Å². The van der Waals surface area contributed by atoms with Crippen molar-refractivity contribution in [1.82, 2.24) is 24.9 Å². The Morgan fingerprint density at radius 2 is 1.64 bits per heavy atom. The number of sulfone groups is 1. The van der Waals surface area contributed by atoms with Crippen LogP contribution in [0.15, 0.2) is 65.6 Å². The maximum atomic E-state index is 15.0. The van der Waals surface area contributed by atoms with Crippen LogP contribution in [-0.4, -0.2) is 157 Å². The highest BCUT2D eigenvalue weighted by molar-refractivity contribution is 7.92. The Morgan fingerprint density at radius 3 is 2.33 bits per heavy atom. The van der Waals surface area contributed by atoms with Gasteiger partial charge in [0.05, 0.1) is 18.1 Å². The van der Waals surface area contributed by atoms with E-state index in [4.69, 9.17) is 9.47 Å². The molecule has 14 heteroatoms. The Kier molecular flexibility index (Phi) is 12.5. The molecule has 1 saturated carbocycles. The van der Waals surface area contributed by atoms with Gasteiger partial charge in [0.25, 0.3) is 5.91 Å². The number of rotatable bonds is 14. The highest BCUT2D eigenvalue weighted by Gasteiger charge is 2.54. The van der Waals surface area contributed by atoms with Crippen LogP contribution in [0.2, 0.25) is 0 Å². The fourth-order valence-electron chi connectivity index (χ4n) is 10.7. The Bertz CT molecular complexity index is 1900. The smallest absolute Gasteiger partial charge is 0.407 e. The Morgan fingerprint density at radius 1 is 0.897 bits per heavy atom. The molecular formula is C44H61FN6O6S. The molecule has 5 heterocycles. The first-order chi connectivity index (χ1) is 28.0. The molecule has 0 spiro atoms. The number of likely N-dealkylation sites (tertiary alicyclic amines) is 3. The molecule has 0 aromatic heterocycles. The number of nitrogens with one attached hydrogen (secondary N) is 1. The maximum absolute atomic E-state index is 15.0. The van der Waals surface area contributed by atoms with Crippen LogP contribution in [0.5, 0.6) is 0 Å². The molecule has 5 aliphatic heterocycles. The van der Waals surface area contributed by atoms with E-state index in [0.717, 1.165) is 109 Å². The summed E-state index contributed by atoms with van der Waals surface area (Å²) < 4.78 is 53.8. The second kappa shape index (κ2) is 17.6. The maximum Gasteiger partial charge on any atom is 0.407 e. The molecule has 2 aromatic carbocycles. The molecule has 2 amide bonds. The predicted molar refractivity (Wildman–Crippen MR) is 221 cm³/mol. The van der Waals surface area contributed by atoms with Gasteiger partial charge in [-0.15, -0.1) is 0 Å². The number of hydrogen-bond acceptors (Lipinski definition) is 10. The Labute approximate surface area is 343 Å². The van der Waals surface area contributed by atoms with Crippen molar-refractivity contribution >= 4 is 27.5 Å². The molecule has 8 rings (SSSR count). The molecule has 1 aliphatic carbocycles. The van der Waals surface area contributed by atoms with Crippen molar-refractivity contribution in [2.75, 3.05) is 110 Å². The summed E-state index contributed by atoms with van der Waals surface area (Å²) in [5.41, 5.74) is 2.12. The predicted octanol–water partition coefficient (Wildman–Crippen LogP) is 4.02. The van der Waals surface area contributed by atoms with Gasteiger partial charge in [0, 0.05) is 94.5 Å². The van der Waals surface area contributed by atoms with E-state index in [9.17, 15) is 18.0 Å². The van der Waals surface area contributed by atoms with Crippen molar-refractivity contribution in [1.29, 1.82) is 0 Å². The van der Waals surface area contributed by atoms with Crippen molar-refractivity contribution in [3.8, 4) is 0 Å². The fourth-order valence-corrected chi connectivity index (χ4v) is 12.4. The van der Waals surface area contributed by atoms with E-state index in [2.05, 4.69) is 37.6 Å². The highest BCUT2D eigenvalue weighted by Crippen LogP contribution is 2.52. The number of nitrogens with zero attached hydrogens (tertiary/aromatic N) is 5. The molecule has 1 N–H and O–H groups in total. The van der Waals surface area contributed by atoms with Gasteiger partial charge in [0.1, 0.15) is 17.2 Å². The summed E-state index contributed by atoms with van der Waals surface area (Å²) in [5.74, 6) is 0.519. The number of alkyl carbamates (subject to hydrolysis) is 1. The summed E-state index contributed by atoms with van der Waals surface area (Å²) in [7, 11) is -1.99. The minimum absolute atomic E-state index is 0.111. The molecule has 3 atom stereocenters. The number of halogens is 1. The molecular weight excluding hydrogens is 760 g/mol. The lowest BCUT2D eigenvalue weighted by atomic mass is 9.58. The third kappa shape index (κ3) is 8.54. The third-order valence-electron chi connectivity index (χ3n) is 14.1. The lowest BCUT2D eigenvalue weighted by Crippen LogP contribution is -2.58. The number of ether oxygens (including phenoxy) is 2. The van der Waals surface area contributed by atoms with Gasteiger partial charge < -0.3 is 34.4 Å². The van der Waals surface area contributed by atoms with Gasteiger partial charge >= 0.3 is 6.09 Å². The number of piperidine rings is 1. The molecule has 0 radical (unpaired) electrons. The van der Waals surface area contributed by atoms with Gasteiger partial charge in [-0.05, 0) is 107 Å². The average Bonchev–Trinajstić information content (AvgIpc) is 3.64. The summed E-state index contributed by atoms with van der Waals surface area (Å²) in [6.07, 6.45) is 5.33. The van der Waals surface area contributed by atoms with Gasteiger partial charge in [-0.1, -0.05) is 24.8 Å². The zero-order chi connectivity index (χ0) is 40.4. The summed E-state index contributed by atoms with van der Waals surface area (Å²) >= 11 is 0. The van der Waals surface area contributed by atoms with Gasteiger partial charge in [-0.3, -0.25) is 9.69 Å². The largest absolute Gasteiger partial charge is 0.446 e. The van der Waals surface area contributed by atoms with Crippen molar-refractivity contribution in [2.45, 2.75) is 60.2 Å². The van der Waals surface area contributed by atoms with Crippen LogP contribution in [0.1, 0.15) is 44.1 Å². The summed E-state index contributed by atoms with van der Waals surface area (Å²) in [6.45, 7) is 15.2. The van der Waals surface area contributed by atoms with E-state index in [0.29, 0.717) is 42.1 Å². The van der Waals surface area contributed by atoms with Gasteiger partial charge in [0.2, 0.25) is 0 Å². The minimum Gasteiger partial charge on any atom is -0.446 e. The van der Waals surface area contributed by atoms with Gasteiger partial charge in [-0.25, -0.2) is 17.6 Å². The van der Waals surface area contributed by atoms with E-state index in [1.165, 1.54) is 12.5 Å². The first kappa shape index (κ1) is 41.2. The number of benzene rings is 2. The van der Waals surface area contributed by atoms with E-state index in [1.807, 2.05) is 18.2 Å². The van der Waals surface area contributed by atoms with Crippen molar-refractivity contribution in [2.24, 2.45) is 17.8 Å². The third-order valence-corrected chi connectivity index (χ3v) is 16.2. The number of morpholine rings is 1. The molecule has 5 saturated heterocycles. The molecule has 6 aliphatic rings. The lowest BCUT2D eigenvalue weighted by molar-refractivity contribution is -0.130. The topological polar surface area (TPSA) is 115 Å². The average molecular weight is 821 g/mol. The highest BCUT2D eigenvalue weighted by atomic mass is 32.2. The summed E-state index contributed by atoms with van der Waals surface area (Å²) in [4.78, 5) is 36.9. The SMILES string of the molecule is C=C(CN1CCOCC1)C(=O)N1CC(S(=O)(=O)c2cccc(N3CC(CN4CCC([C@@](CN5CCC5)(c5cccc(F)c5)[C@H]5CCC[C@@H]5OC(=O)NC)CC4)C3)c2)C1. The Balaban J connectivity index is 0.867. The number of carbonyl (C=O) groups is 2. The monoisotopic (exact) mass is 820 g/mol. The van der Waals surface area contributed by atoms with Crippen LogP contribution >= 0.6 is 0 Å². The quantitative estimate of drug-likeness (QED) is 0.281. The number of carbonyl (C=O) groups excluding carboxylic acids is 2. The molecule has 58 heavy (non-hydrogen) atoms. The molecule has 12 nitrogen and oxygen atoms in total. The lowest BCUT2D eigenvalue weighted by Gasteiger charge is -2.53. The molecule has 2 aromatic rings. The summed E-state index contributed by atoms with van der Waals surface area (Å²) in [6, 6.07) is 14.5. The van der Waals surface area contributed by atoms with E-state index >= 15 is 4.39 Å². The molecule has 0 bridgehead atoms. The zero-order valence-corrected chi connectivity index (χ0v) is 34.9. The van der Waals surface area contributed by atoms with Crippen molar-refractivity contribution in [3.05, 3.63) is 72.1 Å². The first-order valence-electron chi connectivity index (χ1n) is 21.5. The van der Waals surface area contributed by atoms with Crippen LogP contribution in [-0.2, 0) is 29.5 Å². The molecule has 316 valence electrons. The van der Waals surface area contributed by atoms with Crippen LogP contribution in [0.3, 0.4) is 0 Å².